The van der Waals surface area contributed by atoms with Crippen molar-refractivity contribution in [2.75, 3.05) is 0 Å². The molecule has 0 atom stereocenters. The smallest absolute Gasteiger partial charge is 0.194 e. The summed E-state index contributed by atoms with van der Waals surface area (Å²) in [6.45, 7) is 2.13. The first-order valence-corrected chi connectivity index (χ1v) is 5.55. The van der Waals surface area contributed by atoms with Gasteiger partial charge in [-0.3, -0.25) is 4.40 Å². The normalized spacial score (nSPS) is 11.5. The van der Waals surface area contributed by atoms with Gasteiger partial charge in [0.1, 0.15) is 0 Å². The number of hydrogen-bond donors (Lipinski definition) is 0. The molecule has 0 saturated heterocycles. The number of nitrogens with zero attached hydrogens (tertiary/aromatic N) is 2. The van der Waals surface area contributed by atoms with E-state index in [2.05, 4.69) is 46.8 Å². The quantitative estimate of drug-likeness (QED) is 0.592. The minimum atomic E-state index is 1.00. The summed E-state index contributed by atoms with van der Waals surface area (Å²) in [6.07, 6.45) is 3.14. The molecule has 0 aliphatic heterocycles. The lowest BCUT2D eigenvalue weighted by molar-refractivity contribution is 1.07. The number of hydrogen-bond acceptors (Lipinski definition) is 2. The molecule has 0 aliphatic rings. The van der Waals surface area contributed by atoms with Gasteiger partial charge in [-0.2, -0.15) is 0 Å². The van der Waals surface area contributed by atoms with E-state index in [0.717, 1.165) is 11.4 Å². The molecule has 3 aromatic rings. The topological polar surface area (TPSA) is 17.3 Å². The van der Waals surface area contributed by atoms with Crippen molar-refractivity contribution in [3.8, 4) is 0 Å². The van der Waals surface area contributed by atoms with Gasteiger partial charge in [0.05, 0.1) is 15.9 Å². The van der Waals surface area contributed by atoms with Crippen LogP contribution in [0.2, 0.25) is 0 Å². The summed E-state index contributed by atoms with van der Waals surface area (Å²) in [7, 11) is 0. The van der Waals surface area contributed by atoms with Gasteiger partial charge in [0, 0.05) is 6.20 Å². The van der Waals surface area contributed by atoms with Gasteiger partial charge in [0.2, 0.25) is 0 Å². The predicted molar refractivity (Wildman–Crippen MR) is 60.0 cm³/mol. The first-order valence-electron chi connectivity index (χ1n) is 4.74. The molecule has 3 heteroatoms. The van der Waals surface area contributed by atoms with Crippen LogP contribution in [-0.2, 0) is 6.42 Å². The molecule has 2 nitrogen and oxygen atoms in total. The van der Waals surface area contributed by atoms with Crippen LogP contribution in [-0.4, -0.2) is 9.38 Å². The second-order valence-electron chi connectivity index (χ2n) is 3.31. The van der Waals surface area contributed by atoms with Gasteiger partial charge in [0.15, 0.2) is 4.96 Å². The number of imidazole rings is 1. The highest BCUT2D eigenvalue weighted by atomic mass is 32.1. The minimum Gasteiger partial charge on any atom is -0.290 e. The van der Waals surface area contributed by atoms with Gasteiger partial charge in [-0.1, -0.05) is 30.4 Å². The van der Waals surface area contributed by atoms with Crippen molar-refractivity contribution in [3.05, 3.63) is 36.2 Å². The maximum atomic E-state index is 4.55. The van der Waals surface area contributed by atoms with Crippen molar-refractivity contribution in [2.45, 2.75) is 13.3 Å². The molecule has 0 N–H and O–H groups in total. The number of aromatic nitrogens is 2. The zero-order valence-electron chi connectivity index (χ0n) is 7.90. The maximum Gasteiger partial charge on any atom is 0.194 e. The highest BCUT2D eigenvalue weighted by molar-refractivity contribution is 7.23. The zero-order chi connectivity index (χ0) is 9.54. The van der Waals surface area contributed by atoms with E-state index in [1.807, 2.05) is 0 Å². The molecule has 1 aromatic carbocycles. The van der Waals surface area contributed by atoms with Crippen molar-refractivity contribution >= 4 is 26.5 Å². The van der Waals surface area contributed by atoms with Crippen molar-refractivity contribution in [1.29, 1.82) is 0 Å². The molecule has 0 fully saturated rings. The molecule has 14 heavy (non-hydrogen) atoms. The van der Waals surface area contributed by atoms with Gasteiger partial charge in [-0.25, -0.2) is 4.98 Å². The van der Waals surface area contributed by atoms with Crippen LogP contribution in [0.1, 0.15) is 12.6 Å². The van der Waals surface area contributed by atoms with Crippen LogP contribution in [0.5, 0.6) is 0 Å². The Labute approximate surface area is 85.8 Å². The molecule has 2 aromatic heterocycles. The number of benzene rings is 1. The van der Waals surface area contributed by atoms with E-state index in [1.165, 1.54) is 15.9 Å². The Hall–Kier alpha value is -1.35. The van der Waals surface area contributed by atoms with Crippen LogP contribution >= 0.6 is 11.3 Å². The Morgan fingerprint density at radius 1 is 1.36 bits per heavy atom. The molecule has 0 radical (unpaired) electrons. The third-order valence-electron chi connectivity index (χ3n) is 2.41. The number of thiazole rings is 1. The van der Waals surface area contributed by atoms with E-state index in [0.29, 0.717) is 0 Å². The number of rotatable bonds is 1. The lowest BCUT2D eigenvalue weighted by Gasteiger charge is -1.88. The molecule has 2 heterocycles. The van der Waals surface area contributed by atoms with Gasteiger partial charge >= 0.3 is 0 Å². The second kappa shape index (κ2) is 2.82. The summed E-state index contributed by atoms with van der Waals surface area (Å²) >= 11 is 1.75. The Morgan fingerprint density at radius 3 is 3.07 bits per heavy atom. The molecule has 3 rings (SSSR count). The Kier molecular flexibility index (Phi) is 1.61. The fourth-order valence-electron chi connectivity index (χ4n) is 1.67. The predicted octanol–water partition coefficient (Wildman–Crippen LogP) is 3.11. The molecule has 0 aliphatic carbocycles. The fourth-order valence-corrected chi connectivity index (χ4v) is 2.69. The summed E-state index contributed by atoms with van der Waals surface area (Å²) in [6, 6.07) is 8.42. The molecule has 0 saturated carbocycles. The van der Waals surface area contributed by atoms with E-state index in [9.17, 15) is 0 Å². The summed E-state index contributed by atoms with van der Waals surface area (Å²) in [4.78, 5) is 5.65. The molecule has 0 spiro atoms. The third kappa shape index (κ3) is 0.990. The van der Waals surface area contributed by atoms with Crippen LogP contribution in [0.4, 0.5) is 0 Å². The van der Waals surface area contributed by atoms with Crippen molar-refractivity contribution in [1.82, 2.24) is 9.38 Å². The van der Waals surface area contributed by atoms with Gasteiger partial charge < -0.3 is 0 Å². The summed E-state index contributed by atoms with van der Waals surface area (Å²) in [5.41, 5.74) is 2.43. The highest BCUT2D eigenvalue weighted by Gasteiger charge is 2.06. The van der Waals surface area contributed by atoms with E-state index >= 15 is 0 Å². The van der Waals surface area contributed by atoms with Crippen molar-refractivity contribution < 1.29 is 0 Å². The average Bonchev–Trinajstić information content (AvgIpc) is 2.73. The van der Waals surface area contributed by atoms with Crippen LogP contribution in [0.3, 0.4) is 0 Å². The Morgan fingerprint density at radius 2 is 2.21 bits per heavy atom. The molecule has 0 unspecified atom stereocenters. The summed E-state index contributed by atoms with van der Waals surface area (Å²) < 4.78 is 3.48. The molecule has 0 amide bonds. The van der Waals surface area contributed by atoms with Gasteiger partial charge in [-0.05, 0) is 18.6 Å². The van der Waals surface area contributed by atoms with E-state index < -0.39 is 0 Å². The number of para-hydroxylation sites is 1. The monoisotopic (exact) mass is 202 g/mol. The standard InChI is InChI=1S/C11H10N2S/c1-2-8-7-13-9-5-3-4-6-10(9)14-11(13)12-8/h3-7H,2H2,1H3. The third-order valence-corrected chi connectivity index (χ3v) is 3.45. The first-order chi connectivity index (χ1) is 6.88. The Bertz CT molecular complexity index is 591. The SMILES string of the molecule is CCc1cn2c(n1)sc1ccccc12. The number of fused-ring (bicyclic) bond motifs is 3. The first kappa shape index (κ1) is 8.00. The maximum absolute atomic E-state index is 4.55. The lowest BCUT2D eigenvalue weighted by atomic mass is 10.3. The van der Waals surface area contributed by atoms with Gasteiger partial charge in [-0.15, -0.1) is 0 Å². The summed E-state index contributed by atoms with van der Waals surface area (Å²) in [5.74, 6) is 0. The van der Waals surface area contributed by atoms with Crippen molar-refractivity contribution in [2.24, 2.45) is 0 Å². The Balaban J connectivity index is 2.45. The zero-order valence-corrected chi connectivity index (χ0v) is 8.71. The van der Waals surface area contributed by atoms with Crippen LogP contribution in [0.15, 0.2) is 30.5 Å². The van der Waals surface area contributed by atoms with E-state index in [1.54, 1.807) is 11.3 Å². The average molecular weight is 202 g/mol. The van der Waals surface area contributed by atoms with Crippen LogP contribution in [0, 0.1) is 0 Å². The molecular weight excluding hydrogens is 192 g/mol. The highest BCUT2D eigenvalue weighted by Crippen LogP contribution is 2.25. The van der Waals surface area contributed by atoms with Crippen molar-refractivity contribution in [3.63, 3.8) is 0 Å². The molecule has 0 bridgehead atoms. The lowest BCUT2D eigenvalue weighted by Crippen LogP contribution is -1.77. The minimum absolute atomic E-state index is 1.00. The molecular formula is C11H10N2S. The van der Waals surface area contributed by atoms with E-state index in [4.69, 9.17) is 0 Å². The number of aryl methyl sites for hydroxylation is 1. The van der Waals surface area contributed by atoms with Crippen LogP contribution in [0.25, 0.3) is 15.2 Å². The molecule has 70 valence electrons. The van der Waals surface area contributed by atoms with Crippen LogP contribution < -0.4 is 0 Å². The summed E-state index contributed by atoms with van der Waals surface area (Å²) in [5, 5.41) is 0. The largest absolute Gasteiger partial charge is 0.290 e. The van der Waals surface area contributed by atoms with Gasteiger partial charge in [0.25, 0.3) is 0 Å². The fraction of sp³-hybridized carbons (Fsp3) is 0.182. The van der Waals surface area contributed by atoms with E-state index in [-0.39, 0.29) is 0 Å². The second-order valence-corrected chi connectivity index (χ2v) is 4.32.